The molecule has 1 aliphatic rings. The summed E-state index contributed by atoms with van der Waals surface area (Å²) in [6, 6.07) is 4.11. The summed E-state index contributed by atoms with van der Waals surface area (Å²) >= 11 is 0. The molecular weight excluding hydrogens is 214 g/mol. The largest absolute Gasteiger partial charge is 0.368 e. The van der Waals surface area contributed by atoms with Crippen LogP contribution in [0.4, 0.5) is 11.5 Å². The first kappa shape index (κ1) is 11.9. The van der Waals surface area contributed by atoms with Gasteiger partial charge in [-0.25, -0.2) is 4.98 Å². The lowest BCUT2D eigenvalue weighted by atomic mass is 10.1. The summed E-state index contributed by atoms with van der Waals surface area (Å²) in [4.78, 5) is 16.1. The number of hydrogen-bond donors (Lipinski definition) is 2. The highest BCUT2D eigenvalue weighted by atomic mass is 16.2. The Bertz CT molecular complexity index is 407. The maximum atomic E-state index is 11.8. The fraction of sp³-hybridized carbons (Fsp3) is 0.538. The number of hydrogen-bond acceptors (Lipinski definition) is 3. The van der Waals surface area contributed by atoms with Crippen molar-refractivity contribution in [1.29, 1.82) is 0 Å². The Hall–Kier alpha value is -1.58. The molecule has 0 saturated heterocycles. The fourth-order valence-electron chi connectivity index (χ4n) is 1.55. The number of nitrogens with one attached hydrogen (secondary N) is 2. The van der Waals surface area contributed by atoms with Crippen LogP contribution in [0, 0.1) is 5.41 Å². The minimum absolute atomic E-state index is 0.101. The molecule has 0 aliphatic heterocycles. The van der Waals surface area contributed by atoms with E-state index in [0.29, 0.717) is 6.04 Å². The van der Waals surface area contributed by atoms with Crippen LogP contribution < -0.4 is 10.6 Å². The number of rotatable bonds is 4. The quantitative estimate of drug-likeness (QED) is 0.840. The summed E-state index contributed by atoms with van der Waals surface area (Å²) in [5.74, 6) is 0.930. The number of pyridine rings is 1. The zero-order valence-electron chi connectivity index (χ0n) is 10.6. The SMILES string of the molecule is CC(C)Nc1ccc(NC(=O)C2(C)CC2)cn1. The van der Waals surface area contributed by atoms with Crippen LogP contribution in [0.2, 0.25) is 0 Å². The molecular formula is C13H19N3O. The molecule has 0 radical (unpaired) electrons. The molecule has 0 atom stereocenters. The molecule has 0 bridgehead atoms. The third kappa shape index (κ3) is 2.96. The summed E-state index contributed by atoms with van der Waals surface area (Å²) in [6.45, 7) is 6.11. The lowest BCUT2D eigenvalue weighted by Gasteiger charge is -2.11. The Kier molecular flexibility index (Phi) is 3.05. The molecule has 1 aromatic heterocycles. The van der Waals surface area contributed by atoms with Crippen LogP contribution in [0.5, 0.6) is 0 Å². The van der Waals surface area contributed by atoms with Crippen LogP contribution >= 0.6 is 0 Å². The van der Waals surface area contributed by atoms with E-state index in [2.05, 4.69) is 29.5 Å². The Labute approximate surface area is 102 Å². The fourth-order valence-corrected chi connectivity index (χ4v) is 1.55. The molecule has 92 valence electrons. The highest BCUT2D eigenvalue weighted by molar-refractivity contribution is 5.96. The first-order valence-electron chi connectivity index (χ1n) is 6.04. The highest BCUT2D eigenvalue weighted by Gasteiger charge is 2.44. The topological polar surface area (TPSA) is 54.0 Å². The Balaban J connectivity index is 1.96. The van der Waals surface area contributed by atoms with Gasteiger partial charge in [-0.2, -0.15) is 0 Å². The second-order valence-electron chi connectivity index (χ2n) is 5.25. The van der Waals surface area contributed by atoms with Crippen molar-refractivity contribution in [2.24, 2.45) is 5.41 Å². The molecule has 1 fully saturated rings. The number of carbonyl (C=O) groups is 1. The van der Waals surface area contributed by atoms with E-state index in [0.717, 1.165) is 24.3 Å². The van der Waals surface area contributed by atoms with Crippen molar-refractivity contribution in [1.82, 2.24) is 4.98 Å². The lowest BCUT2D eigenvalue weighted by molar-refractivity contribution is -0.120. The summed E-state index contributed by atoms with van der Waals surface area (Å²) in [7, 11) is 0. The first-order valence-corrected chi connectivity index (χ1v) is 6.04. The van der Waals surface area contributed by atoms with Crippen molar-refractivity contribution >= 4 is 17.4 Å². The number of amides is 1. The summed E-state index contributed by atoms with van der Waals surface area (Å²) < 4.78 is 0. The standard InChI is InChI=1S/C13H19N3O/c1-9(2)15-11-5-4-10(8-14-11)16-12(17)13(3)6-7-13/h4-5,8-9H,6-7H2,1-3H3,(H,14,15)(H,16,17). The van der Waals surface area contributed by atoms with Crippen molar-refractivity contribution in [3.8, 4) is 0 Å². The van der Waals surface area contributed by atoms with E-state index in [1.165, 1.54) is 0 Å². The van der Waals surface area contributed by atoms with Gasteiger partial charge in [-0.3, -0.25) is 4.79 Å². The van der Waals surface area contributed by atoms with Crippen LogP contribution in [0.3, 0.4) is 0 Å². The zero-order chi connectivity index (χ0) is 12.5. The molecule has 1 aromatic rings. The van der Waals surface area contributed by atoms with Crippen molar-refractivity contribution in [3.05, 3.63) is 18.3 Å². The molecule has 1 amide bonds. The average Bonchev–Trinajstić information content (AvgIpc) is 3.00. The number of anilines is 2. The summed E-state index contributed by atoms with van der Waals surface area (Å²) in [5.41, 5.74) is 0.618. The van der Waals surface area contributed by atoms with Crippen molar-refractivity contribution in [2.45, 2.75) is 39.7 Å². The van der Waals surface area contributed by atoms with Gasteiger partial charge in [-0.15, -0.1) is 0 Å². The minimum atomic E-state index is -0.144. The Morgan fingerprint density at radius 1 is 1.41 bits per heavy atom. The van der Waals surface area contributed by atoms with Gasteiger partial charge in [0.05, 0.1) is 11.9 Å². The molecule has 1 heterocycles. The van der Waals surface area contributed by atoms with Gasteiger partial charge in [0.2, 0.25) is 5.91 Å². The van der Waals surface area contributed by atoms with Crippen LogP contribution in [-0.4, -0.2) is 16.9 Å². The van der Waals surface area contributed by atoms with Crippen molar-refractivity contribution < 1.29 is 4.79 Å². The first-order chi connectivity index (χ1) is 7.99. The number of aromatic nitrogens is 1. The zero-order valence-corrected chi connectivity index (χ0v) is 10.6. The summed E-state index contributed by atoms with van der Waals surface area (Å²) in [6.07, 6.45) is 3.66. The van der Waals surface area contributed by atoms with Gasteiger partial charge in [-0.05, 0) is 38.8 Å². The molecule has 1 saturated carbocycles. The highest BCUT2D eigenvalue weighted by Crippen LogP contribution is 2.45. The van der Waals surface area contributed by atoms with Crippen LogP contribution in [0.15, 0.2) is 18.3 Å². The third-order valence-corrected chi connectivity index (χ3v) is 3.01. The predicted molar refractivity (Wildman–Crippen MR) is 69.0 cm³/mol. The summed E-state index contributed by atoms with van der Waals surface area (Å²) in [5, 5.41) is 6.10. The predicted octanol–water partition coefficient (Wildman–Crippen LogP) is 2.64. The molecule has 0 aromatic carbocycles. The third-order valence-electron chi connectivity index (χ3n) is 3.01. The van der Waals surface area contributed by atoms with E-state index >= 15 is 0 Å². The smallest absolute Gasteiger partial charge is 0.230 e. The lowest BCUT2D eigenvalue weighted by Crippen LogP contribution is -2.21. The molecule has 0 unspecified atom stereocenters. The van der Waals surface area contributed by atoms with Gasteiger partial charge in [0.1, 0.15) is 5.82 Å². The van der Waals surface area contributed by atoms with Crippen molar-refractivity contribution in [3.63, 3.8) is 0 Å². The van der Waals surface area contributed by atoms with Gasteiger partial charge in [0.15, 0.2) is 0 Å². The minimum Gasteiger partial charge on any atom is -0.368 e. The van der Waals surface area contributed by atoms with Gasteiger partial charge in [0, 0.05) is 11.5 Å². The van der Waals surface area contributed by atoms with E-state index < -0.39 is 0 Å². The van der Waals surface area contributed by atoms with E-state index in [9.17, 15) is 4.79 Å². The second-order valence-corrected chi connectivity index (χ2v) is 5.25. The van der Waals surface area contributed by atoms with Crippen molar-refractivity contribution in [2.75, 3.05) is 10.6 Å². The molecule has 2 rings (SSSR count). The Morgan fingerprint density at radius 2 is 2.12 bits per heavy atom. The Morgan fingerprint density at radius 3 is 2.59 bits per heavy atom. The van der Waals surface area contributed by atoms with Crippen LogP contribution in [0.1, 0.15) is 33.6 Å². The van der Waals surface area contributed by atoms with E-state index in [1.807, 2.05) is 19.1 Å². The van der Waals surface area contributed by atoms with Gasteiger partial charge < -0.3 is 10.6 Å². The van der Waals surface area contributed by atoms with Crippen LogP contribution in [-0.2, 0) is 4.79 Å². The van der Waals surface area contributed by atoms with Gasteiger partial charge in [-0.1, -0.05) is 6.92 Å². The molecule has 0 spiro atoms. The monoisotopic (exact) mass is 233 g/mol. The average molecular weight is 233 g/mol. The number of carbonyl (C=O) groups excluding carboxylic acids is 1. The van der Waals surface area contributed by atoms with E-state index in [4.69, 9.17) is 0 Å². The van der Waals surface area contributed by atoms with Gasteiger partial charge >= 0.3 is 0 Å². The molecule has 1 aliphatic carbocycles. The van der Waals surface area contributed by atoms with E-state index in [-0.39, 0.29) is 11.3 Å². The second kappa shape index (κ2) is 4.35. The normalized spacial score (nSPS) is 16.7. The molecule has 4 nitrogen and oxygen atoms in total. The number of nitrogens with zero attached hydrogens (tertiary/aromatic N) is 1. The maximum Gasteiger partial charge on any atom is 0.230 e. The maximum absolute atomic E-state index is 11.8. The molecule has 4 heteroatoms. The van der Waals surface area contributed by atoms with E-state index in [1.54, 1.807) is 6.20 Å². The van der Waals surface area contributed by atoms with Gasteiger partial charge in [0.25, 0.3) is 0 Å². The van der Waals surface area contributed by atoms with Crippen LogP contribution in [0.25, 0.3) is 0 Å². The molecule has 2 N–H and O–H groups in total. The molecule has 17 heavy (non-hydrogen) atoms.